The quantitative estimate of drug-likeness (QED) is 0.335. The van der Waals surface area contributed by atoms with Gasteiger partial charge in [0, 0.05) is 5.69 Å². The second-order valence-corrected chi connectivity index (χ2v) is 8.22. The minimum Gasteiger partial charge on any atom is -0.360 e. The summed E-state index contributed by atoms with van der Waals surface area (Å²) >= 11 is 0. The molecule has 1 atom stereocenters. The third-order valence-corrected chi connectivity index (χ3v) is 5.78. The maximum Gasteiger partial charge on any atom is 0.295 e. The van der Waals surface area contributed by atoms with Crippen LogP contribution in [-0.2, 0) is 4.79 Å². The summed E-state index contributed by atoms with van der Waals surface area (Å²) in [5.41, 5.74) is 4.04. The molecule has 4 aromatic rings. The van der Waals surface area contributed by atoms with E-state index in [0.717, 1.165) is 22.5 Å². The second kappa shape index (κ2) is 10.1. The first-order chi connectivity index (χ1) is 17.2. The topological polar surface area (TPSA) is 47.9 Å². The Morgan fingerprint density at radius 2 is 1.29 bits per heavy atom. The number of hydrazine groups is 1. The molecule has 1 aliphatic rings. The number of nitrogens with zero attached hydrogens (tertiary/aromatic N) is 3. The van der Waals surface area contributed by atoms with E-state index < -0.39 is 0 Å². The summed E-state index contributed by atoms with van der Waals surface area (Å²) in [7, 11) is 0. The first-order valence-corrected chi connectivity index (χ1v) is 11.6. The molecule has 0 bridgehead atoms. The molecule has 0 aliphatic carbocycles. The number of hydrogen-bond donors (Lipinski definition) is 1. The third-order valence-electron chi connectivity index (χ3n) is 5.78. The van der Waals surface area contributed by atoms with Gasteiger partial charge in [-0.25, -0.2) is 15.0 Å². The number of amidine groups is 1. The second-order valence-electron chi connectivity index (χ2n) is 8.22. The van der Waals surface area contributed by atoms with Crippen molar-refractivity contribution in [2.24, 2.45) is 4.99 Å². The minimum absolute atomic E-state index is 0.193. The van der Waals surface area contributed by atoms with E-state index in [1.807, 2.05) is 127 Å². The molecule has 1 aliphatic heterocycles. The Morgan fingerprint density at radius 1 is 0.743 bits per heavy atom. The number of benzene rings is 4. The standard InChI is InChI=1S/C30H26N4O/c1-23-31-28(22-24-14-6-2-7-15-24)30(35)34(27-20-12-5-13-21-27)33(23)29(25-16-8-3-9-17-25)32-26-18-10-4-11-19-26/h2-22,29,32H,1H3/b28-22-. The average Bonchev–Trinajstić information content (AvgIpc) is 2.91. The summed E-state index contributed by atoms with van der Waals surface area (Å²) < 4.78 is 0. The molecule has 4 aromatic carbocycles. The van der Waals surface area contributed by atoms with Crippen LogP contribution >= 0.6 is 0 Å². The van der Waals surface area contributed by atoms with Gasteiger partial charge in [0.25, 0.3) is 5.91 Å². The predicted octanol–water partition coefficient (Wildman–Crippen LogP) is 6.52. The molecule has 0 fully saturated rings. The summed E-state index contributed by atoms with van der Waals surface area (Å²) in [5.74, 6) is 0.509. The molecule has 172 valence electrons. The van der Waals surface area contributed by atoms with E-state index in [1.54, 1.807) is 5.01 Å². The number of para-hydroxylation sites is 2. The normalized spacial score (nSPS) is 15.6. The molecule has 1 heterocycles. The fraction of sp³-hybridized carbons (Fsp3) is 0.0667. The van der Waals surface area contributed by atoms with Crippen molar-refractivity contribution in [2.45, 2.75) is 13.1 Å². The first kappa shape index (κ1) is 22.2. The van der Waals surface area contributed by atoms with Gasteiger partial charge in [-0.15, -0.1) is 0 Å². The van der Waals surface area contributed by atoms with Gasteiger partial charge in [-0.2, -0.15) is 0 Å². The van der Waals surface area contributed by atoms with Gasteiger partial charge < -0.3 is 5.32 Å². The summed E-state index contributed by atoms with van der Waals surface area (Å²) in [4.78, 5) is 18.7. The lowest BCUT2D eigenvalue weighted by atomic mass is 10.1. The van der Waals surface area contributed by atoms with Crippen LogP contribution in [0.5, 0.6) is 0 Å². The summed E-state index contributed by atoms with van der Waals surface area (Å²) in [5, 5.41) is 7.26. The molecular weight excluding hydrogens is 432 g/mol. The lowest BCUT2D eigenvalue weighted by Gasteiger charge is -2.44. The van der Waals surface area contributed by atoms with Crippen LogP contribution < -0.4 is 10.3 Å². The lowest BCUT2D eigenvalue weighted by molar-refractivity contribution is -0.118. The number of anilines is 2. The first-order valence-electron chi connectivity index (χ1n) is 11.6. The van der Waals surface area contributed by atoms with Crippen LogP contribution in [0.25, 0.3) is 6.08 Å². The Morgan fingerprint density at radius 3 is 1.91 bits per heavy atom. The van der Waals surface area contributed by atoms with Crippen LogP contribution in [0.15, 0.2) is 132 Å². The minimum atomic E-state index is -0.371. The van der Waals surface area contributed by atoms with Crippen molar-refractivity contribution in [2.75, 3.05) is 10.3 Å². The SMILES string of the molecule is CC1=N/C(=C\c2ccccc2)C(=O)N(c2ccccc2)N1C(Nc1ccccc1)c1ccccc1. The van der Waals surface area contributed by atoms with Gasteiger partial charge in [0.15, 0.2) is 0 Å². The summed E-state index contributed by atoms with van der Waals surface area (Å²) in [6.45, 7) is 1.93. The van der Waals surface area contributed by atoms with Crippen molar-refractivity contribution in [3.8, 4) is 0 Å². The van der Waals surface area contributed by atoms with Crippen LogP contribution in [0.4, 0.5) is 11.4 Å². The molecule has 1 N–H and O–H groups in total. The van der Waals surface area contributed by atoms with E-state index in [2.05, 4.69) is 17.4 Å². The zero-order valence-corrected chi connectivity index (χ0v) is 19.5. The van der Waals surface area contributed by atoms with Crippen molar-refractivity contribution in [1.82, 2.24) is 5.01 Å². The number of carbonyl (C=O) groups is 1. The van der Waals surface area contributed by atoms with Gasteiger partial charge in [0.05, 0.1) is 5.69 Å². The van der Waals surface area contributed by atoms with Crippen molar-refractivity contribution in [3.05, 3.63) is 138 Å². The predicted molar refractivity (Wildman–Crippen MR) is 143 cm³/mol. The van der Waals surface area contributed by atoms with Gasteiger partial charge in [-0.05, 0) is 48.4 Å². The summed E-state index contributed by atoms with van der Waals surface area (Å²) in [6.07, 6.45) is 1.46. The molecule has 5 nitrogen and oxygen atoms in total. The van der Waals surface area contributed by atoms with E-state index in [0.29, 0.717) is 11.5 Å². The lowest BCUT2D eigenvalue weighted by Crippen LogP contribution is -2.55. The molecule has 0 saturated carbocycles. The number of hydrogen-bond acceptors (Lipinski definition) is 4. The molecule has 0 spiro atoms. The van der Waals surface area contributed by atoms with Crippen molar-refractivity contribution < 1.29 is 4.79 Å². The Hall–Kier alpha value is -4.64. The molecule has 35 heavy (non-hydrogen) atoms. The zero-order valence-electron chi connectivity index (χ0n) is 19.5. The van der Waals surface area contributed by atoms with E-state index in [9.17, 15) is 4.79 Å². The number of nitrogens with one attached hydrogen (secondary N) is 1. The molecule has 0 radical (unpaired) electrons. The highest BCUT2D eigenvalue weighted by Gasteiger charge is 2.37. The van der Waals surface area contributed by atoms with Gasteiger partial charge >= 0.3 is 0 Å². The molecule has 0 aromatic heterocycles. The van der Waals surface area contributed by atoms with Crippen LogP contribution in [-0.4, -0.2) is 16.8 Å². The Kier molecular flexibility index (Phi) is 6.39. The Labute approximate surface area is 205 Å². The van der Waals surface area contributed by atoms with Gasteiger partial charge in [-0.1, -0.05) is 97.1 Å². The monoisotopic (exact) mass is 458 g/mol. The highest BCUT2D eigenvalue weighted by atomic mass is 16.2. The maximum atomic E-state index is 14.0. The highest BCUT2D eigenvalue weighted by Crippen LogP contribution is 2.33. The molecular formula is C30H26N4O. The molecule has 1 amide bonds. The fourth-order valence-corrected chi connectivity index (χ4v) is 4.15. The fourth-order valence-electron chi connectivity index (χ4n) is 4.15. The van der Waals surface area contributed by atoms with Crippen molar-refractivity contribution in [3.63, 3.8) is 0 Å². The average molecular weight is 459 g/mol. The Bertz CT molecular complexity index is 1340. The molecule has 5 heteroatoms. The van der Waals surface area contributed by atoms with Crippen LogP contribution in [0, 0.1) is 0 Å². The zero-order chi connectivity index (χ0) is 24.0. The number of carbonyl (C=O) groups excluding carboxylic acids is 1. The summed E-state index contributed by atoms with van der Waals surface area (Å²) in [6, 6.07) is 39.6. The van der Waals surface area contributed by atoms with Crippen LogP contribution in [0.2, 0.25) is 0 Å². The van der Waals surface area contributed by atoms with Gasteiger partial charge in [-0.3, -0.25) is 4.79 Å². The number of aliphatic imine (C=N–C) groups is 1. The molecule has 5 rings (SSSR count). The third kappa shape index (κ3) is 4.84. The molecule has 1 unspecified atom stereocenters. The largest absolute Gasteiger partial charge is 0.360 e. The van der Waals surface area contributed by atoms with E-state index in [4.69, 9.17) is 4.99 Å². The number of rotatable bonds is 6. The van der Waals surface area contributed by atoms with Gasteiger partial charge in [0.1, 0.15) is 17.7 Å². The maximum absolute atomic E-state index is 14.0. The Balaban J connectivity index is 1.65. The highest BCUT2D eigenvalue weighted by molar-refractivity contribution is 6.13. The van der Waals surface area contributed by atoms with E-state index >= 15 is 0 Å². The smallest absolute Gasteiger partial charge is 0.295 e. The molecule has 0 saturated heterocycles. The van der Waals surface area contributed by atoms with Crippen LogP contribution in [0.1, 0.15) is 24.2 Å². The van der Waals surface area contributed by atoms with Gasteiger partial charge in [0.2, 0.25) is 0 Å². The van der Waals surface area contributed by atoms with E-state index in [1.165, 1.54) is 0 Å². The van der Waals surface area contributed by atoms with Crippen LogP contribution in [0.3, 0.4) is 0 Å². The van der Waals surface area contributed by atoms with E-state index in [-0.39, 0.29) is 12.1 Å². The van der Waals surface area contributed by atoms with Crippen molar-refractivity contribution in [1.29, 1.82) is 0 Å². The number of amides is 1. The van der Waals surface area contributed by atoms with Crippen molar-refractivity contribution >= 4 is 29.2 Å².